The summed E-state index contributed by atoms with van der Waals surface area (Å²) in [7, 11) is 0. The lowest BCUT2D eigenvalue weighted by Crippen LogP contribution is -2.42. The summed E-state index contributed by atoms with van der Waals surface area (Å²) in [6.07, 6.45) is 9.27. The van der Waals surface area contributed by atoms with E-state index in [0.717, 1.165) is 6.54 Å². The molecule has 1 atom stereocenters. The standard InChI is InChI=1S/C13H23N3/c14-10-13(15-12-6-7-12)11-16-8-4-2-1-3-5-9-16/h12-13,15H,1-9,11H2. The van der Waals surface area contributed by atoms with Crippen LogP contribution in [0.3, 0.4) is 0 Å². The first-order chi connectivity index (χ1) is 7.88. The van der Waals surface area contributed by atoms with Crippen molar-refractivity contribution in [1.82, 2.24) is 10.2 Å². The number of hydrogen-bond acceptors (Lipinski definition) is 3. The Balaban J connectivity index is 1.73. The van der Waals surface area contributed by atoms with Crippen LogP contribution < -0.4 is 5.32 Å². The first kappa shape index (κ1) is 11.9. The van der Waals surface area contributed by atoms with Crippen molar-refractivity contribution in [1.29, 1.82) is 5.26 Å². The normalized spacial score (nSPS) is 25.4. The van der Waals surface area contributed by atoms with Crippen molar-refractivity contribution in [3.05, 3.63) is 0 Å². The summed E-state index contributed by atoms with van der Waals surface area (Å²) in [5.41, 5.74) is 0. The molecule has 1 aliphatic heterocycles. The fraction of sp³-hybridized carbons (Fsp3) is 0.923. The number of nitriles is 1. The molecule has 0 amide bonds. The van der Waals surface area contributed by atoms with Crippen molar-refractivity contribution in [2.24, 2.45) is 0 Å². The van der Waals surface area contributed by atoms with E-state index in [4.69, 9.17) is 5.26 Å². The predicted molar refractivity (Wildman–Crippen MR) is 65.1 cm³/mol. The second-order valence-corrected chi connectivity index (χ2v) is 5.19. The van der Waals surface area contributed by atoms with Crippen LogP contribution in [0, 0.1) is 11.3 Å². The monoisotopic (exact) mass is 221 g/mol. The molecule has 3 heteroatoms. The van der Waals surface area contributed by atoms with E-state index in [-0.39, 0.29) is 6.04 Å². The van der Waals surface area contributed by atoms with Crippen LogP contribution in [0.4, 0.5) is 0 Å². The van der Waals surface area contributed by atoms with Crippen LogP contribution in [0.15, 0.2) is 0 Å². The van der Waals surface area contributed by atoms with Gasteiger partial charge in [-0.05, 0) is 38.8 Å². The Morgan fingerprint density at radius 1 is 1.12 bits per heavy atom. The van der Waals surface area contributed by atoms with Gasteiger partial charge in [0, 0.05) is 12.6 Å². The molecular formula is C13H23N3. The van der Waals surface area contributed by atoms with Gasteiger partial charge in [0.25, 0.3) is 0 Å². The number of nitrogens with zero attached hydrogens (tertiary/aromatic N) is 2. The van der Waals surface area contributed by atoms with Crippen molar-refractivity contribution in [2.45, 2.75) is 57.0 Å². The molecule has 16 heavy (non-hydrogen) atoms. The van der Waals surface area contributed by atoms with Crippen LogP contribution in [0.5, 0.6) is 0 Å². The zero-order valence-electron chi connectivity index (χ0n) is 10.1. The molecule has 1 unspecified atom stereocenters. The maximum absolute atomic E-state index is 9.12. The molecule has 0 aromatic heterocycles. The summed E-state index contributed by atoms with van der Waals surface area (Å²) in [5.74, 6) is 0. The number of hydrogen-bond donors (Lipinski definition) is 1. The van der Waals surface area contributed by atoms with E-state index >= 15 is 0 Å². The van der Waals surface area contributed by atoms with Gasteiger partial charge in [0.2, 0.25) is 0 Å². The van der Waals surface area contributed by atoms with Crippen molar-refractivity contribution in [3.8, 4) is 6.07 Å². The number of likely N-dealkylation sites (tertiary alicyclic amines) is 1. The first-order valence-corrected chi connectivity index (χ1v) is 6.76. The van der Waals surface area contributed by atoms with Crippen LogP contribution in [-0.4, -0.2) is 36.6 Å². The number of nitrogens with one attached hydrogen (secondary N) is 1. The first-order valence-electron chi connectivity index (χ1n) is 6.76. The minimum absolute atomic E-state index is 0.0481. The van der Waals surface area contributed by atoms with E-state index in [0.29, 0.717) is 6.04 Å². The lowest BCUT2D eigenvalue weighted by Gasteiger charge is -2.26. The van der Waals surface area contributed by atoms with E-state index in [1.165, 1.54) is 58.0 Å². The van der Waals surface area contributed by atoms with E-state index in [1.807, 2.05) is 0 Å². The fourth-order valence-corrected chi connectivity index (χ4v) is 2.42. The van der Waals surface area contributed by atoms with Crippen molar-refractivity contribution in [3.63, 3.8) is 0 Å². The Bertz CT molecular complexity index is 234. The van der Waals surface area contributed by atoms with Gasteiger partial charge in [-0.2, -0.15) is 5.26 Å². The Kier molecular flexibility index (Phi) is 4.62. The smallest absolute Gasteiger partial charge is 0.108 e. The van der Waals surface area contributed by atoms with Crippen LogP contribution >= 0.6 is 0 Å². The summed E-state index contributed by atoms with van der Waals surface area (Å²) in [4.78, 5) is 2.47. The van der Waals surface area contributed by atoms with Gasteiger partial charge in [-0.25, -0.2) is 0 Å². The van der Waals surface area contributed by atoms with Gasteiger partial charge >= 0.3 is 0 Å². The largest absolute Gasteiger partial charge is 0.301 e. The van der Waals surface area contributed by atoms with Crippen molar-refractivity contribution >= 4 is 0 Å². The van der Waals surface area contributed by atoms with E-state index in [2.05, 4.69) is 16.3 Å². The van der Waals surface area contributed by atoms with Gasteiger partial charge in [-0.3, -0.25) is 5.32 Å². The molecule has 0 radical (unpaired) electrons. The van der Waals surface area contributed by atoms with Crippen molar-refractivity contribution < 1.29 is 0 Å². The maximum Gasteiger partial charge on any atom is 0.108 e. The minimum Gasteiger partial charge on any atom is -0.301 e. The molecule has 0 spiro atoms. The van der Waals surface area contributed by atoms with Crippen LogP contribution in [0.1, 0.15) is 44.9 Å². The topological polar surface area (TPSA) is 39.1 Å². The third-order valence-electron chi connectivity index (χ3n) is 3.56. The minimum atomic E-state index is 0.0481. The second kappa shape index (κ2) is 6.22. The van der Waals surface area contributed by atoms with Gasteiger partial charge in [0.05, 0.1) is 6.07 Å². The van der Waals surface area contributed by atoms with Gasteiger partial charge in [-0.1, -0.05) is 19.3 Å². The quantitative estimate of drug-likeness (QED) is 0.788. The van der Waals surface area contributed by atoms with Gasteiger partial charge < -0.3 is 4.90 Å². The maximum atomic E-state index is 9.12. The third kappa shape index (κ3) is 4.11. The molecule has 1 heterocycles. The average molecular weight is 221 g/mol. The summed E-state index contributed by atoms with van der Waals surface area (Å²) in [6, 6.07) is 3.09. The predicted octanol–water partition coefficient (Wildman–Crippen LogP) is 1.90. The lowest BCUT2D eigenvalue weighted by molar-refractivity contribution is 0.234. The molecule has 0 aromatic rings. The molecule has 90 valence electrons. The van der Waals surface area contributed by atoms with Crippen LogP contribution in [0.25, 0.3) is 0 Å². The average Bonchev–Trinajstić information content (AvgIpc) is 3.04. The SMILES string of the molecule is N#CC(CN1CCCCCCC1)NC1CC1. The molecule has 3 nitrogen and oxygen atoms in total. The summed E-state index contributed by atoms with van der Waals surface area (Å²) >= 11 is 0. The van der Waals surface area contributed by atoms with Crippen LogP contribution in [0.2, 0.25) is 0 Å². The lowest BCUT2D eigenvalue weighted by atomic mass is 10.1. The highest BCUT2D eigenvalue weighted by Crippen LogP contribution is 2.19. The van der Waals surface area contributed by atoms with E-state index in [9.17, 15) is 0 Å². The molecule has 1 saturated carbocycles. The molecule has 1 saturated heterocycles. The summed E-state index contributed by atoms with van der Waals surface area (Å²) in [6.45, 7) is 3.29. The summed E-state index contributed by atoms with van der Waals surface area (Å²) < 4.78 is 0. The highest BCUT2D eigenvalue weighted by atomic mass is 15.2. The molecule has 1 N–H and O–H groups in total. The van der Waals surface area contributed by atoms with Crippen molar-refractivity contribution in [2.75, 3.05) is 19.6 Å². The van der Waals surface area contributed by atoms with Gasteiger partial charge in [-0.15, -0.1) is 0 Å². The van der Waals surface area contributed by atoms with Gasteiger partial charge in [0.1, 0.15) is 6.04 Å². The fourth-order valence-electron chi connectivity index (χ4n) is 2.42. The Hall–Kier alpha value is -0.590. The highest BCUT2D eigenvalue weighted by Gasteiger charge is 2.25. The van der Waals surface area contributed by atoms with Crippen LogP contribution in [-0.2, 0) is 0 Å². The summed E-state index contributed by atoms with van der Waals surface area (Å²) in [5, 5.41) is 12.5. The molecule has 0 aromatic carbocycles. The molecule has 1 aliphatic carbocycles. The molecular weight excluding hydrogens is 198 g/mol. The Morgan fingerprint density at radius 2 is 1.75 bits per heavy atom. The zero-order valence-corrected chi connectivity index (χ0v) is 10.1. The third-order valence-corrected chi connectivity index (χ3v) is 3.56. The zero-order chi connectivity index (χ0) is 11.2. The second-order valence-electron chi connectivity index (χ2n) is 5.19. The molecule has 0 bridgehead atoms. The van der Waals surface area contributed by atoms with E-state index in [1.54, 1.807) is 0 Å². The number of rotatable bonds is 4. The molecule has 2 rings (SSSR count). The Morgan fingerprint density at radius 3 is 2.31 bits per heavy atom. The van der Waals surface area contributed by atoms with E-state index < -0.39 is 0 Å². The highest BCUT2D eigenvalue weighted by molar-refractivity contribution is 4.97. The molecule has 2 fully saturated rings. The molecule has 2 aliphatic rings. The van der Waals surface area contributed by atoms with Gasteiger partial charge in [0.15, 0.2) is 0 Å². The Labute approximate surface area is 98.8 Å².